The molecule has 1 aliphatic rings. The molecule has 2 rings (SSSR count). The number of hydrogen-bond donors (Lipinski definition) is 1. The predicted octanol–water partition coefficient (Wildman–Crippen LogP) is 0.915. The molecule has 1 aromatic heterocycles. The minimum atomic E-state index is 0.0318. The van der Waals surface area contributed by atoms with E-state index < -0.39 is 0 Å². The zero-order valence-corrected chi connectivity index (χ0v) is 10.1. The molecule has 1 saturated heterocycles. The maximum atomic E-state index is 6.31. The Bertz CT molecular complexity index is 312. The highest BCUT2D eigenvalue weighted by Crippen LogP contribution is 2.21. The molecule has 4 heteroatoms. The van der Waals surface area contributed by atoms with Crippen molar-refractivity contribution in [1.82, 2.24) is 9.80 Å². The van der Waals surface area contributed by atoms with Crippen LogP contribution in [-0.4, -0.2) is 49.6 Å². The molecule has 0 spiro atoms. The van der Waals surface area contributed by atoms with Crippen LogP contribution in [0.1, 0.15) is 18.0 Å². The summed E-state index contributed by atoms with van der Waals surface area (Å²) >= 11 is 0. The highest BCUT2D eigenvalue weighted by Gasteiger charge is 2.27. The molecule has 0 aromatic carbocycles. The van der Waals surface area contributed by atoms with Crippen molar-refractivity contribution in [3.63, 3.8) is 0 Å². The van der Waals surface area contributed by atoms with E-state index in [0.29, 0.717) is 6.04 Å². The predicted molar refractivity (Wildman–Crippen MR) is 64.2 cm³/mol. The molecule has 4 nitrogen and oxygen atoms in total. The summed E-state index contributed by atoms with van der Waals surface area (Å²) in [6.07, 6.45) is 4.65. The van der Waals surface area contributed by atoms with E-state index in [9.17, 15) is 0 Å². The standard InChI is InChI=1S/C12H21N3O/c1-14-5-3-6-15(2)11(8-14)12(13)10-4-7-16-9-10/h4,7,9,11-12H,3,5-6,8,13H2,1-2H3. The Hall–Kier alpha value is -0.840. The van der Waals surface area contributed by atoms with Crippen LogP contribution in [0.5, 0.6) is 0 Å². The molecule has 2 heterocycles. The average Bonchev–Trinajstić information content (AvgIpc) is 2.72. The number of nitrogens with zero attached hydrogens (tertiary/aromatic N) is 2. The first kappa shape index (κ1) is 11.6. The number of likely N-dealkylation sites (N-methyl/N-ethyl adjacent to an activating group) is 2. The summed E-state index contributed by atoms with van der Waals surface area (Å²) in [6, 6.07) is 2.36. The van der Waals surface area contributed by atoms with Crippen molar-refractivity contribution >= 4 is 0 Å². The molecular formula is C12H21N3O. The van der Waals surface area contributed by atoms with E-state index in [4.69, 9.17) is 10.2 Å². The van der Waals surface area contributed by atoms with Gasteiger partial charge in [0, 0.05) is 24.2 Å². The summed E-state index contributed by atoms with van der Waals surface area (Å²) < 4.78 is 5.11. The van der Waals surface area contributed by atoms with Gasteiger partial charge in [-0.1, -0.05) is 0 Å². The van der Waals surface area contributed by atoms with E-state index in [-0.39, 0.29) is 6.04 Å². The van der Waals surface area contributed by atoms with Crippen molar-refractivity contribution in [2.45, 2.75) is 18.5 Å². The van der Waals surface area contributed by atoms with Crippen LogP contribution < -0.4 is 5.73 Å². The van der Waals surface area contributed by atoms with Gasteiger partial charge in [-0.3, -0.25) is 0 Å². The van der Waals surface area contributed by atoms with Gasteiger partial charge < -0.3 is 20.0 Å². The van der Waals surface area contributed by atoms with Crippen LogP contribution >= 0.6 is 0 Å². The van der Waals surface area contributed by atoms with Gasteiger partial charge in [-0.05, 0) is 39.7 Å². The number of nitrogens with two attached hydrogens (primary N) is 1. The second-order valence-electron chi connectivity index (χ2n) is 4.75. The van der Waals surface area contributed by atoms with E-state index >= 15 is 0 Å². The lowest BCUT2D eigenvalue weighted by Crippen LogP contribution is -2.45. The van der Waals surface area contributed by atoms with Gasteiger partial charge in [-0.15, -0.1) is 0 Å². The van der Waals surface area contributed by atoms with Gasteiger partial charge in [0.1, 0.15) is 0 Å². The first-order valence-corrected chi connectivity index (χ1v) is 5.85. The molecule has 90 valence electrons. The molecule has 2 N–H and O–H groups in total. The smallest absolute Gasteiger partial charge is 0.0950 e. The van der Waals surface area contributed by atoms with Crippen LogP contribution in [0.2, 0.25) is 0 Å². The van der Waals surface area contributed by atoms with Crippen LogP contribution in [-0.2, 0) is 0 Å². The minimum absolute atomic E-state index is 0.0318. The monoisotopic (exact) mass is 223 g/mol. The average molecular weight is 223 g/mol. The number of rotatable bonds is 2. The van der Waals surface area contributed by atoms with E-state index in [1.54, 1.807) is 12.5 Å². The third-order valence-electron chi connectivity index (χ3n) is 3.46. The molecule has 0 saturated carbocycles. The lowest BCUT2D eigenvalue weighted by atomic mass is 10.0. The molecule has 0 bridgehead atoms. The summed E-state index contributed by atoms with van der Waals surface area (Å²) in [5.74, 6) is 0. The Morgan fingerprint density at radius 3 is 2.94 bits per heavy atom. The van der Waals surface area contributed by atoms with E-state index in [2.05, 4.69) is 23.9 Å². The fourth-order valence-corrected chi connectivity index (χ4v) is 2.38. The summed E-state index contributed by atoms with van der Waals surface area (Å²) in [7, 11) is 4.32. The van der Waals surface area contributed by atoms with Gasteiger partial charge in [-0.25, -0.2) is 0 Å². The molecule has 1 aromatic rings. The van der Waals surface area contributed by atoms with Crippen LogP contribution in [0.15, 0.2) is 23.0 Å². The summed E-state index contributed by atoms with van der Waals surface area (Å²) in [4.78, 5) is 4.72. The van der Waals surface area contributed by atoms with E-state index in [1.165, 1.54) is 6.42 Å². The molecule has 1 aliphatic heterocycles. The van der Waals surface area contributed by atoms with Crippen molar-refractivity contribution in [2.75, 3.05) is 33.7 Å². The first-order valence-electron chi connectivity index (χ1n) is 5.85. The molecular weight excluding hydrogens is 202 g/mol. The highest BCUT2D eigenvalue weighted by molar-refractivity contribution is 5.14. The molecule has 0 aliphatic carbocycles. The Morgan fingerprint density at radius 2 is 2.25 bits per heavy atom. The Morgan fingerprint density at radius 1 is 1.44 bits per heavy atom. The van der Waals surface area contributed by atoms with Crippen molar-refractivity contribution in [1.29, 1.82) is 0 Å². The maximum absolute atomic E-state index is 6.31. The van der Waals surface area contributed by atoms with E-state index in [0.717, 1.165) is 25.2 Å². The SMILES string of the molecule is CN1CCCN(C)C(C(N)c2ccoc2)C1. The second kappa shape index (κ2) is 4.99. The topological polar surface area (TPSA) is 45.6 Å². The molecule has 0 amide bonds. The molecule has 1 fully saturated rings. The first-order chi connectivity index (χ1) is 7.68. The fourth-order valence-electron chi connectivity index (χ4n) is 2.38. The largest absolute Gasteiger partial charge is 0.472 e. The lowest BCUT2D eigenvalue weighted by molar-refractivity contribution is 0.196. The summed E-state index contributed by atoms with van der Waals surface area (Å²) in [6.45, 7) is 3.28. The van der Waals surface area contributed by atoms with Crippen molar-refractivity contribution in [3.8, 4) is 0 Å². The van der Waals surface area contributed by atoms with Crippen LogP contribution in [0.3, 0.4) is 0 Å². The van der Waals surface area contributed by atoms with Gasteiger partial charge in [0.05, 0.1) is 12.5 Å². The maximum Gasteiger partial charge on any atom is 0.0950 e. The van der Waals surface area contributed by atoms with Crippen molar-refractivity contribution < 1.29 is 4.42 Å². The minimum Gasteiger partial charge on any atom is -0.472 e. The Labute approximate surface area is 97.0 Å². The fraction of sp³-hybridized carbons (Fsp3) is 0.667. The Kier molecular flexibility index (Phi) is 3.63. The molecule has 16 heavy (non-hydrogen) atoms. The quantitative estimate of drug-likeness (QED) is 0.809. The van der Waals surface area contributed by atoms with Gasteiger partial charge in [0.25, 0.3) is 0 Å². The zero-order chi connectivity index (χ0) is 11.5. The van der Waals surface area contributed by atoms with Gasteiger partial charge in [0.2, 0.25) is 0 Å². The van der Waals surface area contributed by atoms with Crippen molar-refractivity contribution in [3.05, 3.63) is 24.2 Å². The van der Waals surface area contributed by atoms with Crippen LogP contribution in [0.4, 0.5) is 0 Å². The molecule has 0 radical (unpaired) electrons. The normalized spacial score (nSPS) is 26.6. The second-order valence-corrected chi connectivity index (χ2v) is 4.75. The van der Waals surface area contributed by atoms with Crippen molar-refractivity contribution in [2.24, 2.45) is 5.73 Å². The number of furan rings is 1. The molecule has 2 unspecified atom stereocenters. The van der Waals surface area contributed by atoms with Gasteiger partial charge in [-0.2, -0.15) is 0 Å². The summed E-state index contributed by atoms with van der Waals surface area (Å²) in [5.41, 5.74) is 7.40. The van der Waals surface area contributed by atoms with Crippen LogP contribution in [0, 0.1) is 0 Å². The highest BCUT2D eigenvalue weighted by atomic mass is 16.3. The Balaban J connectivity index is 2.10. The number of hydrogen-bond acceptors (Lipinski definition) is 4. The third-order valence-corrected chi connectivity index (χ3v) is 3.46. The van der Waals surface area contributed by atoms with Crippen LogP contribution in [0.25, 0.3) is 0 Å². The summed E-state index contributed by atoms with van der Waals surface area (Å²) in [5, 5.41) is 0. The van der Waals surface area contributed by atoms with Gasteiger partial charge >= 0.3 is 0 Å². The van der Waals surface area contributed by atoms with E-state index in [1.807, 2.05) is 6.07 Å². The van der Waals surface area contributed by atoms with Gasteiger partial charge in [0.15, 0.2) is 0 Å². The zero-order valence-electron chi connectivity index (χ0n) is 10.1. The third kappa shape index (κ3) is 2.45. The lowest BCUT2D eigenvalue weighted by Gasteiger charge is -2.31. The molecule has 2 atom stereocenters.